The number of aryl methyl sites for hydroxylation is 1. The number of oxazole rings is 1. The summed E-state index contributed by atoms with van der Waals surface area (Å²) in [6.45, 7) is 6.25. The second-order valence-corrected chi connectivity index (χ2v) is 6.58. The number of carbonyl (C=O) groups is 2. The highest BCUT2D eigenvalue weighted by atomic mass is 16.5. The molecule has 0 saturated heterocycles. The number of hydrogen-bond donors (Lipinski definition) is 2. The number of rotatable bonds is 9. The van der Waals surface area contributed by atoms with Crippen molar-refractivity contribution >= 4 is 17.5 Å². The third-order valence-electron chi connectivity index (χ3n) is 4.25. The Bertz CT molecular complexity index is 785. The smallest absolute Gasteiger partial charge is 0.250 e. The van der Waals surface area contributed by atoms with Gasteiger partial charge in [-0.25, -0.2) is 4.98 Å². The summed E-state index contributed by atoms with van der Waals surface area (Å²) in [5, 5.41) is 5.64. The Morgan fingerprint density at radius 2 is 2.07 bits per heavy atom. The van der Waals surface area contributed by atoms with Crippen molar-refractivity contribution in [2.75, 3.05) is 19.0 Å². The molecule has 27 heavy (non-hydrogen) atoms. The van der Waals surface area contributed by atoms with Gasteiger partial charge in [0.1, 0.15) is 18.1 Å². The normalized spacial score (nSPS) is 11.9. The molecule has 0 aliphatic rings. The van der Waals surface area contributed by atoms with E-state index in [-0.39, 0.29) is 18.4 Å². The van der Waals surface area contributed by atoms with Crippen LogP contribution in [-0.2, 0) is 20.9 Å². The van der Waals surface area contributed by atoms with Gasteiger partial charge < -0.3 is 19.8 Å². The lowest BCUT2D eigenvalue weighted by molar-refractivity contribution is -0.122. The van der Waals surface area contributed by atoms with Crippen LogP contribution in [0.2, 0.25) is 0 Å². The summed E-state index contributed by atoms with van der Waals surface area (Å²) in [5.74, 6) is 1.23. The molecule has 7 nitrogen and oxygen atoms in total. The largest absolute Gasteiger partial charge is 0.441 e. The summed E-state index contributed by atoms with van der Waals surface area (Å²) in [4.78, 5) is 28.1. The van der Waals surface area contributed by atoms with E-state index in [1.54, 1.807) is 12.1 Å². The van der Waals surface area contributed by atoms with Gasteiger partial charge in [-0.05, 0) is 31.0 Å². The summed E-state index contributed by atoms with van der Waals surface area (Å²) < 4.78 is 10.6. The van der Waals surface area contributed by atoms with Crippen LogP contribution in [0.5, 0.6) is 0 Å². The quantitative estimate of drug-likeness (QED) is 0.703. The van der Waals surface area contributed by atoms with Gasteiger partial charge in [-0.1, -0.05) is 26.3 Å². The van der Waals surface area contributed by atoms with Crippen molar-refractivity contribution in [1.82, 2.24) is 10.3 Å². The molecule has 1 aromatic heterocycles. The number of nitrogens with zero attached hydrogens (tertiary/aromatic N) is 1. The summed E-state index contributed by atoms with van der Waals surface area (Å²) in [6, 6.07) is 7.22. The van der Waals surface area contributed by atoms with Crippen molar-refractivity contribution in [3.63, 3.8) is 0 Å². The van der Waals surface area contributed by atoms with Gasteiger partial charge in [-0.15, -0.1) is 0 Å². The van der Waals surface area contributed by atoms with Gasteiger partial charge in [0.25, 0.3) is 0 Å². The number of aromatic nitrogens is 1. The average Bonchev–Trinajstić information content (AvgIpc) is 3.01. The van der Waals surface area contributed by atoms with E-state index in [1.807, 2.05) is 19.1 Å². The first-order valence-corrected chi connectivity index (χ1v) is 9.05. The first-order valence-electron chi connectivity index (χ1n) is 9.05. The molecule has 2 aromatic rings. The molecule has 2 amide bonds. The summed E-state index contributed by atoms with van der Waals surface area (Å²) in [7, 11) is 1.47. The SMILES string of the molecule is CC[C@@H](C)CC(=O)NCc1nc(-c2cccc(NC(=O)COC)c2)oc1C. The molecule has 0 spiro atoms. The molecule has 2 rings (SSSR count). The number of ether oxygens (including phenoxy) is 1. The molecule has 146 valence electrons. The molecule has 0 bridgehead atoms. The van der Waals surface area contributed by atoms with Crippen molar-refractivity contribution in [2.24, 2.45) is 5.92 Å². The van der Waals surface area contributed by atoms with Crippen LogP contribution in [0.15, 0.2) is 28.7 Å². The molecule has 0 aliphatic carbocycles. The molecule has 0 saturated carbocycles. The van der Waals surface area contributed by atoms with Gasteiger partial charge in [-0.3, -0.25) is 9.59 Å². The van der Waals surface area contributed by atoms with Gasteiger partial charge in [0.05, 0.1) is 6.54 Å². The third kappa shape index (κ3) is 6.21. The Morgan fingerprint density at radius 3 is 2.78 bits per heavy atom. The van der Waals surface area contributed by atoms with E-state index in [1.165, 1.54) is 7.11 Å². The van der Waals surface area contributed by atoms with Crippen molar-refractivity contribution in [1.29, 1.82) is 0 Å². The maximum Gasteiger partial charge on any atom is 0.250 e. The molecule has 0 unspecified atom stereocenters. The second kappa shape index (κ2) is 9.87. The predicted octanol–water partition coefficient (Wildman–Crippen LogP) is 3.29. The molecule has 1 aromatic carbocycles. The second-order valence-electron chi connectivity index (χ2n) is 6.58. The summed E-state index contributed by atoms with van der Waals surface area (Å²) in [6.07, 6.45) is 1.47. The molecule has 0 fully saturated rings. The van der Waals surface area contributed by atoms with Crippen molar-refractivity contribution in [3.8, 4) is 11.5 Å². The third-order valence-corrected chi connectivity index (χ3v) is 4.25. The summed E-state index contributed by atoms with van der Waals surface area (Å²) in [5.41, 5.74) is 2.07. The average molecular weight is 373 g/mol. The number of carbonyl (C=O) groups excluding carboxylic acids is 2. The van der Waals surface area contributed by atoms with E-state index in [4.69, 9.17) is 9.15 Å². The molecule has 0 radical (unpaired) electrons. The van der Waals surface area contributed by atoms with Gasteiger partial charge in [-0.2, -0.15) is 0 Å². The van der Waals surface area contributed by atoms with Crippen LogP contribution in [0.4, 0.5) is 5.69 Å². The Labute approximate surface area is 159 Å². The van der Waals surface area contributed by atoms with Crippen LogP contribution in [0, 0.1) is 12.8 Å². The topological polar surface area (TPSA) is 93.5 Å². The zero-order valence-corrected chi connectivity index (χ0v) is 16.3. The molecular weight excluding hydrogens is 346 g/mol. The van der Waals surface area contributed by atoms with E-state index in [2.05, 4.69) is 29.5 Å². The Morgan fingerprint density at radius 1 is 1.30 bits per heavy atom. The van der Waals surface area contributed by atoms with Gasteiger partial charge in [0.2, 0.25) is 17.7 Å². The van der Waals surface area contributed by atoms with Gasteiger partial charge in [0.15, 0.2) is 0 Å². The Balaban J connectivity index is 2.05. The fraction of sp³-hybridized carbons (Fsp3) is 0.450. The maximum absolute atomic E-state index is 12.0. The number of nitrogens with one attached hydrogen (secondary N) is 2. The molecule has 2 N–H and O–H groups in total. The van der Waals surface area contributed by atoms with Crippen LogP contribution in [0.25, 0.3) is 11.5 Å². The van der Waals surface area contributed by atoms with Crippen molar-refractivity contribution < 1.29 is 18.7 Å². The maximum atomic E-state index is 12.0. The Hall–Kier alpha value is -2.67. The minimum Gasteiger partial charge on any atom is -0.441 e. The van der Waals surface area contributed by atoms with Crippen LogP contribution >= 0.6 is 0 Å². The van der Waals surface area contributed by atoms with Gasteiger partial charge in [0, 0.05) is 24.8 Å². The van der Waals surface area contributed by atoms with E-state index in [0.717, 1.165) is 12.0 Å². The van der Waals surface area contributed by atoms with E-state index in [0.29, 0.717) is 41.9 Å². The molecule has 7 heteroatoms. The minimum absolute atomic E-state index is 0.0103. The number of anilines is 1. The standard InChI is InChI=1S/C20H27N3O4/c1-5-13(2)9-18(24)21-11-17-14(3)27-20(23-17)15-7-6-8-16(10-15)22-19(25)12-26-4/h6-8,10,13H,5,9,11-12H2,1-4H3,(H,21,24)(H,22,25)/t13-/m1/s1. The number of methoxy groups -OCH3 is 1. The summed E-state index contributed by atoms with van der Waals surface area (Å²) >= 11 is 0. The monoisotopic (exact) mass is 373 g/mol. The lowest BCUT2D eigenvalue weighted by Crippen LogP contribution is -2.24. The molecular formula is C20H27N3O4. The first-order chi connectivity index (χ1) is 12.9. The fourth-order valence-electron chi connectivity index (χ4n) is 2.49. The number of amides is 2. The van der Waals surface area contributed by atoms with Gasteiger partial charge >= 0.3 is 0 Å². The highest BCUT2D eigenvalue weighted by Gasteiger charge is 2.14. The van der Waals surface area contributed by atoms with Crippen LogP contribution in [0.3, 0.4) is 0 Å². The van der Waals surface area contributed by atoms with E-state index >= 15 is 0 Å². The van der Waals surface area contributed by atoms with E-state index in [9.17, 15) is 9.59 Å². The van der Waals surface area contributed by atoms with E-state index < -0.39 is 0 Å². The molecule has 0 aliphatic heterocycles. The fourth-order valence-corrected chi connectivity index (χ4v) is 2.49. The minimum atomic E-state index is -0.233. The number of hydrogen-bond acceptors (Lipinski definition) is 5. The van der Waals surface area contributed by atoms with Crippen LogP contribution in [-0.4, -0.2) is 30.5 Å². The first kappa shape index (κ1) is 20.6. The molecule has 1 heterocycles. The van der Waals surface area contributed by atoms with Crippen molar-refractivity contribution in [2.45, 2.75) is 40.2 Å². The highest BCUT2D eigenvalue weighted by Crippen LogP contribution is 2.24. The van der Waals surface area contributed by atoms with Crippen LogP contribution < -0.4 is 10.6 Å². The number of benzene rings is 1. The zero-order valence-electron chi connectivity index (χ0n) is 16.3. The lowest BCUT2D eigenvalue weighted by atomic mass is 10.1. The predicted molar refractivity (Wildman–Crippen MR) is 103 cm³/mol. The Kier molecular flexibility index (Phi) is 7.55. The van der Waals surface area contributed by atoms with Crippen molar-refractivity contribution in [3.05, 3.63) is 35.7 Å². The molecule has 1 atom stereocenters. The zero-order chi connectivity index (χ0) is 19.8. The van der Waals surface area contributed by atoms with Crippen LogP contribution in [0.1, 0.15) is 38.1 Å². The highest BCUT2D eigenvalue weighted by molar-refractivity contribution is 5.92. The lowest BCUT2D eigenvalue weighted by Gasteiger charge is -2.08.